The van der Waals surface area contributed by atoms with Gasteiger partial charge in [-0.15, -0.1) is 0 Å². The van der Waals surface area contributed by atoms with Gasteiger partial charge in [0.05, 0.1) is 10.9 Å². The van der Waals surface area contributed by atoms with Gasteiger partial charge in [0.25, 0.3) is 0 Å². The lowest BCUT2D eigenvalue weighted by Crippen LogP contribution is -2.08. The monoisotopic (exact) mass is 349 g/mol. The number of benzene rings is 3. The van der Waals surface area contributed by atoms with Crippen molar-refractivity contribution in [1.82, 2.24) is 0 Å². The maximum absolute atomic E-state index is 11.1. The number of aryl methyl sites for hydroxylation is 1. The molecule has 0 fully saturated rings. The minimum absolute atomic E-state index is 0.0739. The van der Waals surface area contributed by atoms with Crippen LogP contribution in [-0.4, -0.2) is 5.97 Å². The van der Waals surface area contributed by atoms with Crippen molar-refractivity contribution in [3.05, 3.63) is 90.0 Å². The predicted molar refractivity (Wildman–Crippen MR) is 103 cm³/mol. The fraction of sp³-hybridized carbons (Fsp3) is 0.136. The van der Waals surface area contributed by atoms with Crippen molar-refractivity contribution in [2.45, 2.75) is 29.4 Å². The third kappa shape index (κ3) is 4.74. The number of carbonyl (C=O) groups is 1. The number of rotatable bonds is 5. The van der Waals surface area contributed by atoms with Crippen molar-refractivity contribution in [3.8, 4) is 5.75 Å². The van der Waals surface area contributed by atoms with Crippen LogP contribution in [0.15, 0.2) is 88.7 Å². The first-order valence-electron chi connectivity index (χ1n) is 8.22. The molecule has 0 N–H and O–H groups in total. The Labute approximate surface area is 151 Å². The molecule has 1 unspecified atom stereocenters. The topological polar surface area (TPSA) is 26.3 Å². The van der Waals surface area contributed by atoms with Crippen LogP contribution < -0.4 is 4.74 Å². The third-order valence-corrected chi connectivity index (χ3v) is 6.08. The van der Waals surface area contributed by atoms with Gasteiger partial charge in [0.15, 0.2) is 9.79 Å². The molecule has 0 heterocycles. The van der Waals surface area contributed by atoms with Gasteiger partial charge in [-0.2, -0.15) is 0 Å². The number of ether oxygens (including phenoxy) is 1. The van der Waals surface area contributed by atoms with E-state index < -0.39 is 0 Å². The first-order valence-corrected chi connectivity index (χ1v) is 9.61. The second-order valence-electron chi connectivity index (χ2n) is 5.90. The summed E-state index contributed by atoms with van der Waals surface area (Å²) in [5, 5.41) is 0. The molecule has 0 aromatic heterocycles. The predicted octanol–water partition coefficient (Wildman–Crippen LogP) is 5.16. The zero-order valence-electron chi connectivity index (χ0n) is 14.4. The Morgan fingerprint density at radius 2 is 1.60 bits per heavy atom. The van der Waals surface area contributed by atoms with Gasteiger partial charge in [0.2, 0.25) is 0 Å². The molecule has 0 aliphatic rings. The van der Waals surface area contributed by atoms with E-state index in [0.29, 0.717) is 5.75 Å². The molecule has 0 radical (unpaired) electrons. The van der Waals surface area contributed by atoms with Crippen molar-refractivity contribution in [2.24, 2.45) is 0 Å². The summed E-state index contributed by atoms with van der Waals surface area (Å²) in [5.74, 6) is 1.25. The molecule has 126 valence electrons. The summed E-state index contributed by atoms with van der Waals surface area (Å²) in [6.45, 7) is 3.54. The van der Waals surface area contributed by atoms with Crippen molar-refractivity contribution >= 4 is 16.9 Å². The quantitative estimate of drug-likeness (QED) is 0.361. The molecule has 0 aliphatic heterocycles. The maximum atomic E-state index is 11.1. The van der Waals surface area contributed by atoms with Crippen LogP contribution in [0.25, 0.3) is 0 Å². The van der Waals surface area contributed by atoms with Crippen molar-refractivity contribution in [3.63, 3.8) is 0 Å². The van der Waals surface area contributed by atoms with E-state index in [4.69, 9.17) is 4.74 Å². The molecular formula is C22H21O2S+. The summed E-state index contributed by atoms with van der Waals surface area (Å²) in [5.41, 5.74) is 2.58. The fourth-order valence-electron chi connectivity index (χ4n) is 2.65. The number of hydrogen-bond acceptors (Lipinski definition) is 2. The molecule has 2 nitrogen and oxygen atoms in total. The normalized spacial score (nSPS) is 11.8. The molecule has 3 rings (SSSR count). The zero-order chi connectivity index (χ0) is 17.6. The second-order valence-corrected chi connectivity index (χ2v) is 7.92. The molecule has 0 bridgehead atoms. The van der Waals surface area contributed by atoms with Gasteiger partial charge in [0, 0.05) is 12.5 Å². The standard InChI is InChI=1S/C22H21O2S/c1-17-7-6-10-22(15-17)25(16-19-8-4-3-5-9-19)21-13-11-20(12-14-21)24-18(2)23/h3-15H,16H2,1-2H3/q+1. The van der Waals surface area contributed by atoms with Crippen molar-refractivity contribution in [2.75, 3.05) is 0 Å². The Bertz CT molecular complexity index is 841. The van der Waals surface area contributed by atoms with Crippen LogP contribution >= 0.6 is 0 Å². The summed E-state index contributed by atoms with van der Waals surface area (Å²) in [7, 11) is -0.0739. The van der Waals surface area contributed by atoms with Crippen molar-refractivity contribution in [1.29, 1.82) is 0 Å². The van der Waals surface area contributed by atoms with E-state index in [-0.39, 0.29) is 16.9 Å². The Morgan fingerprint density at radius 1 is 0.880 bits per heavy atom. The first-order chi connectivity index (χ1) is 12.1. The number of hydrogen-bond donors (Lipinski definition) is 0. The molecule has 0 saturated heterocycles. The maximum Gasteiger partial charge on any atom is 0.308 e. The van der Waals surface area contributed by atoms with Gasteiger partial charge < -0.3 is 4.74 Å². The lowest BCUT2D eigenvalue weighted by atomic mass is 10.2. The van der Waals surface area contributed by atoms with E-state index in [1.807, 2.05) is 18.2 Å². The largest absolute Gasteiger partial charge is 0.427 e. The lowest BCUT2D eigenvalue weighted by Gasteiger charge is -2.10. The summed E-state index contributed by atoms with van der Waals surface area (Å²) in [4.78, 5) is 13.7. The second kappa shape index (κ2) is 8.04. The molecule has 0 saturated carbocycles. The molecule has 25 heavy (non-hydrogen) atoms. The van der Waals surface area contributed by atoms with Gasteiger partial charge in [-0.25, -0.2) is 0 Å². The molecule has 0 aliphatic carbocycles. The Balaban J connectivity index is 1.94. The summed E-state index contributed by atoms with van der Waals surface area (Å²) in [6, 6.07) is 27.1. The molecule has 3 aromatic carbocycles. The van der Waals surface area contributed by atoms with Crippen LogP contribution in [0.5, 0.6) is 5.75 Å². The fourth-order valence-corrected chi connectivity index (χ4v) is 4.82. The Morgan fingerprint density at radius 3 is 2.24 bits per heavy atom. The molecule has 0 amide bonds. The van der Waals surface area contributed by atoms with Gasteiger partial charge in [-0.05, 0) is 48.9 Å². The molecule has 0 spiro atoms. The Hall–Kier alpha value is -2.52. The van der Waals surface area contributed by atoms with Crippen LogP contribution in [0.2, 0.25) is 0 Å². The van der Waals surface area contributed by atoms with E-state index in [9.17, 15) is 4.79 Å². The Kier molecular flexibility index (Phi) is 5.56. The summed E-state index contributed by atoms with van der Waals surface area (Å²) < 4.78 is 5.16. The highest BCUT2D eigenvalue weighted by molar-refractivity contribution is 7.96. The van der Waals surface area contributed by atoms with E-state index in [1.165, 1.54) is 27.8 Å². The summed E-state index contributed by atoms with van der Waals surface area (Å²) in [6.07, 6.45) is 0. The van der Waals surface area contributed by atoms with Gasteiger partial charge in [-0.3, -0.25) is 4.79 Å². The SMILES string of the molecule is CC(=O)Oc1ccc([S+](Cc2ccccc2)c2cccc(C)c2)cc1. The van der Waals surface area contributed by atoms with Gasteiger partial charge >= 0.3 is 5.97 Å². The number of carbonyl (C=O) groups excluding carboxylic acids is 1. The third-order valence-electron chi connectivity index (χ3n) is 3.80. The minimum Gasteiger partial charge on any atom is -0.427 e. The number of esters is 1. The van der Waals surface area contributed by atoms with Crippen molar-refractivity contribution < 1.29 is 9.53 Å². The van der Waals surface area contributed by atoms with Gasteiger partial charge in [0.1, 0.15) is 11.5 Å². The van der Waals surface area contributed by atoms with Crippen LogP contribution in [0.1, 0.15) is 18.1 Å². The van der Waals surface area contributed by atoms with E-state index in [2.05, 4.69) is 67.6 Å². The highest BCUT2D eigenvalue weighted by atomic mass is 32.2. The van der Waals surface area contributed by atoms with E-state index in [1.54, 1.807) is 0 Å². The minimum atomic E-state index is -0.297. The molecular weight excluding hydrogens is 328 g/mol. The van der Waals surface area contributed by atoms with Crippen LogP contribution in [0, 0.1) is 6.92 Å². The van der Waals surface area contributed by atoms with E-state index >= 15 is 0 Å². The lowest BCUT2D eigenvalue weighted by molar-refractivity contribution is -0.131. The molecule has 1 atom stereocenters. The van der Waals surface area contributed by atoms with Crippen LogP contribution in [0.3, 0.4) is 0 Å². The van der Waals surface area contributed by atoms with Gasteiger partial charge in [-0.1, -0.05) is 42.5 Å². The van der Waals surface area contributed by atoms with Crippen LogP contribution in [-0.2, 0) is 21.4 Å². The average Bonchev–Trinajstić information content (AvgIpc) is 2.61. The molecule has 3 aromatic rings. The molecule has 3 heteroatoms. The van der Waals surface area contributed by atoms with Crippen LogP contribution in [0.4, 0.5) is 0 Å². The highest BCUT2D eigenvalue weighted by Crippen LogP contribution is 2.29. The summed E-state index contributed by atoms with van der Waals surface area (Å²) >= 11 is 0. The highest BCUT2D eigenvalue weighted by Gasteiger charge is 2.26. The first kappa shape index (κ1) is 17.3. The van der Waals surface area contributed by atoms with E-state index in [0.717, 1.165) is 5.75 Å². The average molecular weight is 349 g/mol. The zero-order valence-corrected chi connectivity index (χ0v) is 15.3. The smallest absolute Gasteiger partial charge is 0.308 e.